The molecule has 0 spiro atoms. The van der Waals surface area contributed by atoms with Crippen LogP contribution >= 0.6 is 0 Å². The van der Waals surface area contributed by atoms with Crippen LogP contribution in [0, 0.1) is 13.8 Å². The molecule has 1 aromatic heterocycles. The number of hydrogen-bond acceptors (Lipinski definition) is 5. The number of hydrogen-bond donors (Lipinski definition) is 2. The van der Waals surface area contributed by atoms with Crippen LogP contribution in [0.5, 0.6) is 5.75 Å². The predicted octanol–water partition coefficient (Wildman–Crippen LogP) is 3.42. The molecule has 1 saturated heterocycles. The molecular weight excluding hydrogens is 352 g/mol. The molecule has 3 rings (SSSR count). The zero-order valence-electron chi connectivity index (χ0n) is 16.8. The van der Waals surface area contributed by atoms with Gasteiger partial charge in [-0.3, -0.25) is 14.7 Å². The van der Waals surface area contributed by atoms with E-state index in [1.807, 2.05) is 25.1 Å². The standard InChI is InChI=1S/C22H30N4O2/c1-17-18(2)24-22(25-21(17)27)23-11-4-7-14-28-20-10-8-9-19(15-20)16-26-12-5-3-6-13-26/h4,7-10,15H,3,5-6,11-14,16H2,1-2H3,(H2,23,24,25,27)/b7-4-. The lowest BCUT2D eigenvalue weighted by Crippen LogP contribution is -2.29. The van der Waals surface area contributed by atoms with Crippen molar-refractivity contribution in [1.82, 2.24) is 14.9 Å². The van der Waals surface area contributed by atoms with E-state index in [0.29, 0.717) is 24.7 Å². The molecular formula is C22H30N4O2. The molecule has 6 heteroatoms. The maximum Gasteiger partial charge on any atom is 0.255 e. The van der Waals surface area contributed by atoms with E-state index in [4.69, 9.17) is 4.74 Å². The number of nitrogens with one attached hydrogen (secondary N) is 2. The number of ether oxygens (including phenoxy) is 1. The molecule has 0 amide bonds. The molecule has 150 valence electrons. The average Bonchev–Trinajstić information content (AvgIpc) is 2.70. The number of benzene rings is 1. The van der Waals surface area contributed by atoms with Gasteiger partial charge in [0.05, 0.1) is 0 Å². The molecule has 1 aromatic carbocycles. The van der Waals surface area contributed by atoms with E-state index in [0.717, 1.165) is 18.0 Å². The number of anilines is 1. The summed E-state index contributed by atoms with van der Waals surface area (Å²) in [6.07, 6.45) is 7.90. The van der Waals surface area contributed by atoms with Gasteiger partial charge in [0.15, 0.2) is 0 Å². The maximum absolute atomic E-state index is 11.7. The maximum atomic E-state index is 11.7. The van der Waals surface area contributed by atoms with Crippen molar-refractivity contribution in [3.8, 4) is 5.75 Å². The van der Waals surface area contributed by atoms with Gasteiger partial charge in [-0.1, -0.05) is 24.6 Å². The molecule has 1 aliphatic rings. The molecule has 2 aromatic rings. The van der Waals surface area contributed by atoms with E-state index in [9.17, 15) is 4.79 Å². The monoisotopic (exact) mass is 382 g/mol. The van der Waals surface area contributed by atoms with Crippen LogP contribution in [0.25, 0.3) is 0 Å². The Kier molecular flexibility index (Phi) is 7.25. The number of piperidine rings is 1. The minimum atomic E-state index is -0.105. The van der Waals surface area contributed by atoms with Gasteiger partial charge in [0.1, 0.15) is 12.4 Å². The van der Waals surface area contributed by atoms with E-state index >= 15 is 0 Å². The quantitative estimate of drug-likeness (QED) is 0.685. The van der Waals surface area contributed by atoms with Crippen molar-refractivity contribution in [3.63, 3.8) is 0 Å². The van der Waals surface area contributed by atoms with Crippen molar-refractivity contribution in [1.29, 1.82) is 0 Å². The molecule has 0 atom stereocenters. The first kappa shape index (κ1) is 20.1. The first-order valence-electron chi connectivity index (χ1n) is 10.0. The zero-order chi connectivity index (χ0) is 19.8. The lowest BCUT2D eigenvalue weighted by molar-refractivity contribution is 0.220. The number of aromatic amines is 1. The third-order valence-corrected chi connectivity index (χ3v) is 5.05. The summed E-state index contributed by atoms with van der Waals surface area (Å²) in [6.45, 7) is 8.07. The zero-order valence-corrected chi connectivity index (χ0v) is 16.8. The van der Waals surface area contributed by atoms with Gasteiger partial charge < -0.3 is 10.1 Å². The summed E-state index contributed by atoms with van der Waals surface area (Å²) in [7, 11) is 0. The lowest BCUT2D eigenvalue weighted by Gasteiger charge is -2.26. The van der Waals surface area contributed by atoms with Crippen molar-refractivity contribution in [2.24, 2.45) is 0 Å². The number of nitrogens with zero attached hydrogens (tertiary/aromatic N) is 2. The Morgan fingerprint density at radius 3 is 2.82 bits per heavy atom. The van der Waals surface area contributed by atoms with Gasteiger partial charge in [-0.15, -0.1) is 0 Å². The fraction of sp³-hybridized carbons (Fsp3) is 0.455. The van der Waals surface area contributed by atoms with Crippen molar-refractivity contribution < 1.29 is 4.74 Å². The second-order valence-corrected chi connectivity index (χ2v) is 7.27. The van der Waals surface area contributed by atoms with Crippen molar-refractivity contribution >= 4 is 5.95 Å². The number of H-pyrrole nitrogens is 1. The highest BCUT2D eigenvalue weighted by atomic mass is 16.5. The van der Waals surface area contributed by atoms with E-state index in [1.54, 1.807) is 6.92 Å². The first-order chi connectivity index (χ1) is 13.6. The second-order valence-electron chi connectivity index (χ2n) is 7.27. The van der Waals surface area contributed by atoms with Gasteiger partial charge >= 0.3 is 0 Å². The third kappa shape index (κ3) is 5.96. The molecule has 2 heterocycles. The van der Waals surface area contributed by atoms with Crippen LogP contribution in [0.2, 0.25) is 0 Å². The molecule has 28 heavy (non-hydrogen) atoms. The highest BCUT2D eigenvalue weighted by Gasteiger charge is 2.10. The van der Waals surface area contributed by atoms with E-state index in [1.165, 1.54) is 37.9 Å². The Balaban J connectivity index is 1.42. The van der Waals surface area contributed by atoms with E-state index in [2.05, 4.69) is 38.4 Å². The fourth-order valence-electron chi connectivity index (χ4n) is 3.29. The van der Waals surface area contributed by atoms with Gasteiger partial charge in [0.2, 0.25) is 5.95 Å². The van der Waals surface area contributed by atoms with Crippen LogP contribution in [0.4, 0.5) is 5.95 Å². The summed E-state index contributed by atoms with van der Waals surface area (Å²) >= 11 is 0. The Morgan fingerprint density at radius 1 is 1.21 bits per heavy atom. The average molecular weight is 383 g/mol. The highest BCUT2D eigenvalue weighted by Crippen LogP contribution is 2.17. The Hall–Kier alpha value is -2.60. The molecule has 6 nitrogen and oxygen atoms in total. The predicted molar refractivity (Wildman–Crippen MR) is 113 cm³/mol. The Bertz CT molecular complexity index is 854. The summed E-state index contributed by atoms with van der Waals surface area (Å²) in [5.41, 5.74) is 2.58. The van der Waals surface area contributed by atoms with Crippen LogP contribution in [0.3, 0.4) is 0 Å². The Morgan fingerprint density at radius 2 is 2.04 bits per heavy atom. The van der Waals surface area contributed by atoms with Crippen LogP contribution in [-0.4, -0.2) is 41.1 Å². The van der Waals surface area contributed by atoms with Crippen LogP contribution in [-0.2, 0) is 6.54 Å². The normalized spacial score (nSPS) is 15.1. The fourth-order valence-corrected chi connectivity index (χ4v) is 3.29. The van der Waals surface area contributed by atoms with E-state index in [-0.39, 0.29) is 5.56 Å². The van der Waals surface area contributed by atoms with Gasteiger partial charge in [-0.05, 0) is 63.6 Å². The van der Waals surface area contributed by atoms with Gasteiger partial charge in [0.25, 0.3) is 5.56 Å². The highest BCUT2D eigenvalue weighted by molar-refractivity contribution is 5.30. The second kappa shape index (κ2) is 10.1. The molecule has 0 saturated carbocycles. The van der Waals surface area contributed by atoms with Crippen molar-refractivity contribution in [3.05, 3.63) is 63.6 Å². The third-order valence-electron chi connectivity index (χ3n) is 5.05. The molecule has 0 aliphatic carbocycles. The van der Waals surface area contributed by atoms with Crippen LogP contribution in [0.1, 0.15) is 36.1 Å². The van der Waals surface area contributed by atoms with Crippen LogP contribution < -0.4 is 15.6 Å². The lowest BCUT2D eigenvalue weighted by atomic mass is 10.1. The molecule has 1 aliphatic heterocycles. The van der Waals surface area contributed by atoms with E-state index < -0.39 is 0 Å². The number of aryl methyl sites for hydroxylation is 1. The van der Waals surface area contributed by atoms with Gasteiger partial charge in [-0.2, -0.15) is 0 Å². The molecule has 0 unspecified atom stereocenters. The molecule has 1 fully saturated rings. The Labute approximate surface area is 166 Å². The minimum Gasteiger partial charge on any atom is -0.490 e. The largest absolute Gasteiger partial charge is 0.490 e. The van der Waals surface area contributed by atoms with Crippen molar-refractivity contribution in [2.45, 2.75) is 39.7 Å². The summed E-state index contributed by atoms with van der Waals surface area (Å²) in [5.74, 6) is 1.39. The van der Waals surface area contributed by atoms with Crippen LogP contribution in [0.15, 0.2) is 41.2 Å². The smallest absolute Gasteiger partial charge is 0.255 e. The minimum absolute atomic E-state index is 0.105. The molecule has 0 radical (unpaired) electrons. The summed E-state index contributed by atoms with van der Waals surface area (Å²) in [5, 5.41) is 3.09. The summed E-state index contributed by atoms with van der Waals surface area (Å²) in [6, 6.07) is 8.35. The molecule has 0 bridgehead atoms. The molecule has 2 N–H and O–H groups in total. The number of likely N-dealkylation sites (tertiary alicyclic amines) is 1. The summed E-state index contributed by atoms with van der Waals surface area (Å²) < 4.78 is 5.84. The number of aromatic nitrogens is 2. The number of rotatable bonds is 8. The van der Waals surface area contributed by atoms with Gasteiger partial charge in [0, 0.05) is 24.3 Å². The summed E-state index contributed by atoms with van der Waals surface area (Å²) in [4.78, 5) is 21.3. The SMILES string of the molecule is Cc1nc(NC/C=C\COc2cccc(CN3CCCCC3)c2)[nH]c(=O)c1C. The van der Waals surface area contributed by atoms with Crippen molar-refractivity contribution in [2.75, 3.05) is 31.6 Å². The first-order valence-corrected chi connectivity index (χ1v) is 10.0. The topological polar surface area (TPSA) is 70.2 Å². The van der Waals surface area contributed by atoms with Gasteiger partial charge in [-0.25, -0.2) is 4.98 Å².